The highest BCUT2D eigenvalue weighted by Crippen LogP contribution is 2.09. The SMILES string of the molecule is Cc1cc(C(=O)N(CC/C(N)=N/O)CC(C)C)ccn1. The van der Waals surface area contributed by atoms with Crippen LogP contribution in [-0.2, 0) is 0 Å². The molecule has 0 saturated carbocycles. The Morgan fingerprint density at radius 3 is 2.80 bits per heavy atom. The average Bonchev–Trinajstić information content (AvgIpc) is 2.41. The number of hydrogen-bond acceptors (Lipinski definition) is 4. The molecule has 1 amide bonds. The van der Waals surface area contributed by atoms with Crippen molar-refractivity contribution in [3.05, 3.63) is 29.6 Å². The van der Waals surface area contributed by atoms with Crippen molar-refractivity contribution >= 4 is 11.7 Å². The molecule has 0 fully saturated rings. The second kappa shape index (κ2) is 7.47. The molecule has 0 spiro atoms. The molecule has 6 nitrogen and oxygen atoms in total. The highest BCUT2D eigenvalue weighted by molar-refractivity contribution is 5.94. The Balaban J connectivity index is 2.84. The Bertz CT molecular complexity index is 486. The summed E-state index contributed by atoms with van der Waals surface area (Å²) >= 11 is 0. The van der Waals surface area contributed by atoms with Crippen molar-refractivity contribution in [2.45, 2.75) is 27.2 Å². The Labute approximate surface area is 119 Å². The Morgan fingerprint density at radius 2 is 2.25 bits per heavy atom. The van der Waals surface area contributed by atoms with Crippen molar-refractivity contribution in [1.29, 1.82) is 0 Å². The molecule has 0 atom stereocenters. The van der Waals surface area contributed by atoms with E-state index in [2.05, 4.69) is 10.1 Å². The number of pyridine rings is 1. The van der Waals surface area contributed by atoms with Gasteiger partial charge in [-0.2, -0.15) is 0 Å². The molecule has 1 aromatic heterocycles. The van der Waals surface area contributed by atoms with E-state index in [9.17, 15) is 4.79 Å². The van der Waals surface area contributed by atoms with Gasteiger partial charge in [-0.1, -0.05) is 19.0 Å². The summed E-state index contributed by atoms with van der Waals surface area (Å²) in [4.78, 5) is 18.3. The predicted octanol–water partition coefficient (Wildman–Crippen LogP) is 1.62. The molecular formula is C14H22N4O2. The van der Waals surface area contributed by atoms with Crippen molar-refractivity contribution in [3.8, 4) is 0 Å². The first kappa shape index (κ1) is 15.9. The number of carbonyl (C=O) groups excluding carboxylic acids is 1. The molecule has 1 heterocycles. The van der Waals surface area contributed by atoms with Gasteiger partial charge in [0.05, 0.1) is 0 Å². The minimum atomic E-state index is -0.0602. The lowest BCUT2D eigenvalue weighted by molar-refractivity contribution is 0.0740. The van der Waals surface area contributed by atoms with Crippen LogP contribution in [0.4, 0.5) is 0 Å². The molecular weight excluding hydrogens is 256 g/mol. The second-order valence-corrected chi connectivity index (χ2v) is 5.17. The van der Waals surface area contributed by atoms with Crippen molar-refractivity contribution in [2.24, 2.45) is 16.8 Å². The van der Waals surface area contributed by atoms with Gasteiger partial charge in [-0.15, -0.1) is 0 Å². The van der Waals surface area contributed by atoms with Crippen LogP contribution >= 0.6 is 0 Å². The zero-order valence-corrected chi connectivity index (χ0v) is 12.2. The molecule has 0 aliphatic heterocycles. The molecule has 0 radical (unpaired) electrons. The third-order valence-electron chi connectivity index (χ3n) is 2.78. The number of oxime groups is 1. The maximum absolute atomic E-state index is 12.5. The van der Waals surface area contributed by atoms with E-state index < -0.39 is 0 Å². The van der Waals surface area contributed by atoms with Crippen molar-refractivity contribution in [2.75, 3.05) is 13.1 Å². The number of amides is 1. The fraction of sp³-hybridized carbons (Fsp3) is 0.500. The number of aromatic nitrogens is 1. The largest absolute Gasteiger partial charge is 0.409 e. The molecule has 1 aromatic rings. The molecule has 20 heavy (non-hydrogen) atoms. The van der Waals surface area contributed by atoms with Crippen LogP contribution in [0, 0.1) is 12.8 Å². The Kier molecular flexibility index (Phi) is 5.96. The lowest BCUT2D eigenvalue weighted by atomic mass is 10.1. The van der Waals surface area contributed by atoms with Crippen LogP contribution in [0.1, 0.15) is 36.3 Å². The standard InChI is InChI=1S/C14H22N4O2/c1-10(2)9-18(7-5-13(15)17-20)14(19)12-4-6-16-11(3)8-12/h4,6,8,10,20H,5,7,9H2,1-3H3,(H2,15,17). The van der Waals surface area contributed by atoms with Gasteiger partial charge in [-0.3, -0.25) is 9.78 Å². The summed E-state index contributed by atoms with van der Waals surface area (Å²) in [5, 5.41) is 11.5. The van der Waals surface area contributed by atoms with E-state index in [4.69, 9.17) is 10.9 Å². The molecule has 0 unspecified atom stereocenters. The second-order valence-electron chi connectivity index (χ2n) is 5.17. The maximum Gasteiger partial charge on any atom is 0.253 e. The van der Waals surface area contributed by atoms with Crippen LogP contribution in [0.15, 0.2) is 23.5 Å². The minimum Gasteiger partial charge on any atom is -0.409 e. The zero-order valence-electron chi connectivity index (χ0n) is 12.2. The fourth-order valence-electron chi connectivity index (χ4n) is 1.88. The van der Waals surface area contributed by atoms with E-state index >= 15 is 0 Å². The summed E-state index contributed by atoms with van der Waals surface area (Å²) in [7, 11) is 0. The van der Waals surface area contributed by atoms with Gasteiger partial charge in [0.25, 0.3) is 5.91 Å². The van der Waals surface area contributed by atoms with Gasteiger partial charge in [0.15, 0.2) is 0 Å². The average molecular weight is 278 g/mol. The summed E-state index contributed by atoms with van der Waals surface area (Å²) in [5.74, 6) is 0.404. The third kappa shape index (κ3) is 4.87. The topological polar surface area (TPSA) is 91.8 Å². The van der Waals surface area contributed by atoms with Crippen LogP contribution < -0.4 is 5.73 Å². The van der Waals surface area contributed by atoms with Crippen LogP contribution in [0.3, 0.4) is 0 Å². The van der Waals surface area contributed by atoms with Gasteiger partial charge in [-0.05, 0) is 25.0 Å². The number of carbonyl (C=O) groups is 1. The van der Waals surface area contributed by atoms with Gasteiger partial charge in [0.2, 0.25) is 0 Å². The lowest BCUT2D eigenvalue weighted by Gasteiger charge is -2.24. The quantitative estimate of drug-likeness (QED) is 0.358. The van der Waals surface area contributed by atoms with Gasteiger partial charge >= 0.3 is 0 Å². The number of nitrogens with two attached hydrogens (primary N) is 1. The van der Waals surface area contributed by atoms with Gasteiger partial charge in [0.1, 0.15) is 5.84 Å². The maximum atomic E-state index is 12.5. The van der Waals surface area contributed by atoms with E-state index in [-0.39, 0.29) is 11.7 Å². The first-order chi connectivity index (χ1) is 9.43. The van der Waals surface area contributed by atoms with Crippen molar-refractivity contribution in [1.82, 2.24) is 9.88 Å². The van der Waals surface area contributed by atoms with E-state index in [0.29, 0.717) is 31.0 Å². The summed E-state index contributed by atoms with van der Waals surface area (Å²) in [6, 6.07) is 3.46. The van der Waals surface area contributed by atoms with Crippen LogP contribution in [0.2, 0.25) is 0 Å². The molecule has 1 rings (SSSR count). The summed E-state index contributed by atoms with van der Waals surface area (Å²) in [6.45, 7) is 6.98. The molecule has 0 aliphatic carbocycles. The van der Waals surface area contributed by atoms with Gasteiger partial charge in [0, 0.05) is 37.0 Å². The highest BCUT2D eigenvalue weighted by atomic mass is 16.4. The zero-order chi connectivity index (χ0) is 15.1. The van der Waals surface area contributed by atoms with Crippen molar-refractivity contribution < 1.29 is 10.0 Å². The summed E-state index contributed by atoms with van der Waals surface area (Å²) in [5.41, 5.74) is 6.88. The van der Waals surface area contributed by atoms with Crippen molar-refractivity contribution in [3.63, 3.8) is 0 Å². The molecule has 0 aliphatic rings. The normalized spacial score (nSPS) is 11.7. The third-order valence-corrected chi connectivity index (χ3v) is 2.78. The van der Waals surface area contributed by atoms with E-state index in [1.807, 2.05) is 20.8 Å². The number of nitrogens with zero attached hydrogens (tertiary/aromatic N) is 3. The molecule has 6 heteroatoms. The predicted molar refractivity (Wildman–Crippen MR) is 77.7 cm³/mol. The van der Waals surface area contributed by atoms with Gasteiger partial charge < -0.3 is 15.8 Å². The van der Waals surface area contributed by atoms with Gasteiger partial charge in [-0.25, -0.2) is 0 Å². The lowest BCUT2D eigenvalue weighted by Crippen LogP contribution is -2.36. The molecule has 0 bridgehead atoms. The number of rotatable bonds is 6. The van der Waals surface area contributed by atoms with E-state index in [1.165, 1.54) is 0 Å². The number of amidine groups is 1. The first-order valence-corrected chi connectivity index (χ1v) is 6.62. The number of aryl methyl sites for hydroxylation is 1. The Hall–Kier alpha value is -2.11. The first-order valence-electron chi connectivity index (χ1n) is 6.62. The molecule has 0 saturated heterocycles. The molecule has 0 aromatic carbocycles. The monoisotopic (exact) mass is 278 g/mol. The van der Waals surface area contributed by atoms with E-state index in [0.717, 1.165) is 5.69 Å². The van der Waals surface area contributed by atoms with Crippen LogP contribution in [-0.4, -0.2) is 39.9 Å². The summed E-state index contributed by atoms with van der Waals surface area (Å²) in [6.07, 6.45) is 1.97. The molecule has 110 valence electrons. The molecule has 3 N–H and O–H groups in total. The Morgan fingerprint density at radius 1 is 1.55 bits per heavy atom. The smallest absolute Gasteiger partial charge is 0.253 e. The van der Waals surface area contributed by atoms with Crippen LogP contribution in [0.25, 0.3) is 0 Å². The summed E-state index contributed by atoms with van der Waals surface area (Å²) < 4.78 is 0. The van der Waals surface area contributed by atoms with Crippen LogP contribution in [0.5, 0.6) is 0 Å². The highest BCUT2D eigenvalue weighted by Gasteiger charge is 2.17. The number of hydrogen-bond donors (Lipinski definition) is 2. The van der Waals surface area contributed by atoms with E-state index in [1.54, 1.807) is 23.2 Å². The minimum absolute atomic E-state index is 0.0602. The fourth-order valence-corrected chi connectivity index (χ4v) is 1.88.